The van der Waals surface area contributed by atoms with E-state index in [0.717, 1.165) is 23.3 Å². The second-order valence-electron chi connectivity index (χ2n) is 7.15. The lowest BCUT2D eigenvalue weighted by atomic mass is 9.93. The summed E-state index contributed by atoms with van der Waals surface area (Å²) < 4.78 is 26.7. The zero-order valence-corrected chi connectivity index (χ0v) is 15.9. The fourth-order valence-electron chi connectivity index (χ4n) is 3.52. The molecule has 1 heterocycles. The van der Waals surface area contributed by atoms with E-state index >= 15 is 0 Å². The third-order valence-electron chi connectivity index (χ3n) is 5.41. The number of amides is 2. The van der Waals surface area contributed by atoms with Crippen LogP contribution in [0.25, 0.3) is 0 Å². The van der Waals surface area contributed by atoms with Crippen LogP contribution in [0.3, 0.4) is 0 Å². The maximum atomic E-state index is 13.5. The minimum atomic E-state index is -0.952. The van der Waals surface area contributed by atoms with Gasteiger partial charge in [0.25, 0.3) is 0 Å². The molecule has 0 radical (unpaired) electrons. The van der Waals surface area contributed by atoms with Crippen LogP contribution in [0, 0.1) is 11.6 Å². The highest BCUT2D eigenvalue weighted by atomic mass is 19.2. The van der Waals surface area contributed by atoms with Crippen molar-refractivity contribution in [1.29, 1.82) is 0 Å². The molecule has 0 aromatic heterocycles. The van der Waals surface area contributed by atoms with E-state index in [1.165, 1.54) is 11.0 Å². The molecular formula is C21H23F2N3O2. The first-order valence-electron chi connectivity index (χ1n) is 9.08. The van der Waals surface area contributed by atoms with Crippen molar-refractivity contribution in [2.24, 2.45) is 5.73 Å². The average Bonchev–Trinajstić information content (AvgIpc) is 2.68. The van der Waals surface area contributed by atoms with E-state index in [2.05, 4.69) is 0 Å². The lowest BCUT2D eigenvalue weighted by molar-refractivity contribution is -0.135. The zero-order chi connectivity index (χ0) is 20.4. The van der Waals surface area contributed by atoms with Gasteiger partial charge in [-0.25, -0.2) is 8.78 Å². The Bertz CT molecular complexity index is 903. The molecule has 5 nitrogen and oxygen atoms in total. The van der Waals surface area contributed by atoms with Crippen molar-refractivity contribution in [3.05, 3.63) is 70.8 Å². The van der Waals surface area contributed by atoms with Gasteiger partial charge in [0, 0.05) is 13.6 Å². The second-order valence-corrected chi connectivity index (χ2v) is 7.15. The molecule has 2 aromatic rings. The second kappa shape index (κ2) is 8.06. The molecule has 1 aliphatic heterocycles. The van der Waals surface area contributed by atoms with Gasteiger partial charge in [-0.1, -0.05) is 30.3 Å². The minimum Gasteiger partial charge on any atom is -0.368 e. The Kier molecular flexibility index (Phi) is 5.74. The molecule has 2 atom stereocenters. The fourth-order valence-corrected chi connectivity index (χ4v) is 3.52. The summed E-state index contributed by atoms with van der Waals surface area (Å²) in [7, 11) is 1.60. The SMILES string of the molecule is CC(c1ccc(F)c(F)c1)N(C)C(=O)CN1Cc2ccccc2C[C@H]1C(N)=O. The summed E-state index contributed by atoms with van der Waals surface area (Å²) in [6.45, 7) is 2.19. The number of halogens is 2. The van der Waals surface area contributed by atoms with Gasteiger partial charge < -0.3 is 10.6 Å². The first-order valence-corrected chi connectivity index (χ1v) is 9.08. The van der Waals surface area contributed by atoms with Gasteiger partial charge in [0.15, 0.2) is 11.6 Å². The molecule has 1 aliphatic rings. The molecule has 0 fully saturated rings. The number of carbonyl (C=O) groups excluding carboxylic acids is 2. The number of benzene rings is 2. The summed E-state index contributed by atoms with van der Waals surface area (Å²) in [6, 6.07) is 10.3. The van der Waals surface area contributed by atoms with Gasteiger partial charge in [0.1, 0.15) is 0 Å². The zero-order valence-electron chi connectivity index (χ0n) is 15.9. The quantitative estimate of drug-likeness (QED) is 0.857. The predicted molar refractivity (Wildman–Crippen MR) is 101 cm³/mol. The molecule has 148 valence electrons. The summed E-state index contributed by atoms with van der Waals surface area (Å²) >= 11 is 0. The molecule has 0 bridgehead atoms. The van der Waals surface area contributed by atoms with E-state index in [1.807, 2.05) is 24.3 Å². The summed E-state index contributed by atoms with van der Waals surface area (Å²) in [5.74, 6) is -2.59. The molecular weight excluding hydrogens is 364 g/mol. The third kappa shape index (κ3) is 4.04. The molecule has 2 N–H and O–H groups in total. The number of carbonyl (C=O) groups is 2. The standard InChI is InChI=1S/C21H23F2N3O2/c1-13(14-7-8-17(22)18(23)9-14)25(2)20(27)12-26-11-16-6-4-3-5-15(16)10-19(26)21(24)28/h3-9,13,19H,10-12H2,1-2H3,(H2,24,28)/t13?,19-/m0/s1. The van der Waals surface area contributed by atoms with Crippen LogP contribution >= 0.6 is 0 Å². The lowest BCUT2D eigenvalue weighted by Crippen LogP contribution is -2.52. The summed E-state index contributed by atoms with van der Waals surface area (Å²) in [4.78, 5) is 28.0. The van der Waals surface area contributed by atoms with Crippen LogP contribution in [0.2, 0.25) is 0 Å². The van der Waals surface area contributed by atoms with Crippen LogP contribution in [0.1, 0.15) is 29.7 Å². The molecule has 0 spiro atoms. The summed E-state index contributed by atoms with van der Waals surface area (Å²) in [5.41, 5.74) is 8.17. The molecule has 28 heavy (non-hydrogen) atoms. The Balaban J connectivity index is 1.74. The van der Waals surface area contributed by atoms with Gasteiger partial charge in [-0.2, -0.15) is 0 Å². The van der Waals surface area contributed by atoms with E-state index in [-0.39, 0.29) is 12.5 Å². The maximum absolute atomic E-state index is 13.5. The number of likely N-dealkylation sites (N-methyl/N-ethyl adjacent to an activating group) is 1. The molecule has 7 heteroatoms. The monoisotopic (exact) mass is 387 g/mol. The van der Waals surface area contributed by atoms with Gasteiger partial charge in [0.05, 0.1) is 18.6 Å². The van der Waals surface area contributed by atoms with Gasteiger partial charge in [-0.05, 0) is 42.2 Å². The molecule has 1 unspecified atom stereocenters. The smallest absolute Gasteiger partial charge is 0.237 e. The van der Waals surface area contributed by atoms with E-state index in [0.29, 0.717) is 18.5 Å². The van der Waals surface area contributed by atoms with E-state index in [9.17, 15) is 18.4 Å². The van der Waals surface area contributed by atoms with Crippen LogP contribution in [0.15, 0.2) is 42.5 Å². The Morgan fingerprint density at radius 3 is 2.50 bits per heavy atom. The maximum Gasteiger partial charge on any atom is 0.237 e. The highest BCUT2D eigenvalue weighted by molar-refractivity contribution is 5.83. The normalized spacial score (nSPS) is 17.6. The molecule has 2 amide bonds. The number of fused-ring (bicyclic) bond motifs is 1. The van der Waals surface area contributed by atoms with Crippen molar-refractivity contribution in [1.82, 2.24) is 9.80 Å². The third-order valence-corrected chi connectivity index (χ3v) is 5.41. The molecule has 0 saturated heterocycles. The Morgan fingerprint density at radius 2 is 1.86 bits per heavy atom. The molecule has 3 rings (SSSR count). The topological polar surface area (TPSA) is 66.6 Å². The van der Waals surface area contributed by atoms with Gasteiger partial charge in [-0.15, -0.1) is 0 Å². The molecule has 2 aromatic carbocycles. The summed E-state index contributed by atoms with van der Waals surface area (Å²) in [6.07, 6.45) is 0.460. The van der Waals surface area contributed by atoms with Crippen molar-refractivity contribution in [2.75, 3.05) is 13.6 Å². The fraction of sp³-hybridized carbons (Fsp3) is 0.333. The average molecular weight is 387 g/mol. The van der Waals surface area contributed by atoms with Crippen LogP contribution in [0.4, 0.5) is 8.78 Å². The minimum absolute atomic E-state index is 0.00641. The van der Waals surface area contributed by atoms with E-state index < -0.39 is 29.6 Å². The Morgan fingerprint density at radius 1 is 1.18 bits per heavy atom. The van der Waals surface area contributed by atoms with Crippen LogP contribution in [-0.4, -0.2) is 41.2 Å². The van der Waals surface area contributed by atoms with Gasteiger partial charge >= 0.3 is 0 Å². The number of rotatable bonds is 5. The van der Waals surface area contributed by atoms with Crippen LogP contribution in [0.5, 0.6) is 0 Å². The van der Waals surface area contributed by atoms with Crippen molar-refractivity contribution in [3.8, 4) is 0 Å². The number of hydrogen-bond donors (Lipinski definition) is 1. The number of primary amides is 1. The van der Waals surface area contributed by atoms with Crippen LogP contribution < -0.4 is 5.73 Å². The number of nitrogens with two attached hydrogens (primary N) is 1. The van der Waals surface area contributed by atoms with E-state index in [1.54, 1.807) is 18.9 Å². The highest BCUT2D eigenvalue weighted by Crippen LogP contribution is 2.25. The van der Waals surface area contributed by atoms with Crippen molar-refractivity contribution in [3.63, 3.8) is 0 Å². The van der Waals surface area contributed by atoms with Crippen molar-refractivity contribution >= 4 is 11.8 Å². The Hall–Kier alpha value is -2.80. The van der Waals surface area contributed by atoms with Crippen molar-refractivity contribution < 1.29 is 18.4 Å². The van der Waals surface area contributed by atoms with Crippen molar-refractivity contribution in [2.45, 2.75) is 32.0 Å². The predicted octanol–water partition coefficient (Wildman–Crippen LogP) is 2.40. The summed E-state index contributed by atoms with van der Waals surface area (Å²) in [5, 5.41) is 0. The van der Waals surface area contributed by atoms with Gasteiger partial charge in [0.2, 0.25) is 11.8 Å². The van der Waals surface area contributed by atoms with E-state index in [4.69, 9.17) is 5.73 Å². The number of hydrogen-bond acceptors (Lipinski definition) is 3. The highest BCUT2D eigenvalue weighted by Gasteiger charge is 2.32. The largest absolute Gasteiger partial charge is 0.368 e. The Labute approximate surface area is 162 Å². The first-order chi connectivity index (χ1) is 13.3. The number of nitrogens with zero attached hydrogens (tertiary/aromatic N) is 2. The lowest BCUT2D eigenvalue weighted by Gasteiger charge is -2.36. The van der Waals surface area contributed by atoms with Crippen LogP contribution in [-0.2, 0) is 22.6 Å². The molecule has 0 aliphatic carbocycles. The van der Waals surface area contributed by atoms with Gasteiger partial charge in [-0.3, -0.25) is 14.5 Å². The molecule has 0 saturated carbocycles. The first kappa shape index (κ1) is 19.9.